The number of rotatable bonds is 9. The van der Waals surface area contributed by atoms with Gasteiger partial charge in [-0.05, 0) is 58.4 Å². The molecule has 2 unspecified atom stereocenters. The Bertz CT molecular complexity index is 454. The van der Waals surface area contributed by atoms with Gasteiger partial charge in [0.2, 0.25) is 0 Å². The maximum Gasteiger partial charge on any atom is 0.191 e. The van der Waals surface area contributed by atoms with Crippen LogP contribution in [-0.2, 0) is 4.74 Å². The van der Waals surface area contributed by atoms with Crippen LogP contribution in [0.5, 0.6) is 0 Å². The molecule has 2 heterocycles. The van der Waals surface area contributed by atoms with Gasteiger partial charge in [0.15, 0.2) is 5.96 Å². The van der Waals surface area contributed by atoms with E-state index in [-0.39, 0.29) is 24.0 Å². The summed E-state index contributed by atoms with van der Waals surface area (Å²) in [4.78, 5) is 10.2. The highest BCUT2D eigenvalue weighted by atomic mass is 127. The Morgan fingerprint density at radius 2 is 1.79 bits per heavy atom. The lowest BCUT2D eigenvalue weighted by Crippen LogP contribution is -2.47. The van der Waals surface area contributed by atoms with Crippen LogP contribution in [0.4, 0.5) is 0 Å². The second kappa shape index (κ2) is 14.8. The van der Waals surface area contributed by atoms with Crippen LogP contribution in [0.15, 0.2) is 4.99 Å². The summed E-state index contributed by atoms with van der Waals surface area (Å²) in [5.74, 6) is 2.37. The number of nitrogens with zero attached hydrogens (tertiary/aromatic N) is 3. The molecule has 2 N–H and O–H groups in total. The van der Waals surface area contributed by atoms with Crippen LogP contribution in [0.2, 0.25) is 0 Å². The lowest BCUT2D eigenvalue weighted by molar-refractivity contribution is 0.0143. The van der Waals surface area contributed by atoms with Crippen LogP contribution in [0.25, 0.3) is 0 Å². The largest absolute Gasteiger partial charge is 0.379 e. The number of ether oxygens (including phenoxy) is 1. The molecule has 2 aliphatic heterocycles. The summed E-state index contributed by atoms with van der Waals surface area (Å²) < 4.78 is 5.54. The zero-order valence-corrected chi connectivity index (χ0v) is 21.8. The second-order valence-electron chi connectivity index (χ2n) is 9.13. The maximum absolute atomic E-state index is 5.54. The van der Waals surface area contributed by atoms with E-state index in [0.717, 1.165) is 51.9 Å². The fraction of sp³-hybridized carbons (Fsp3) is 0.955. The topological polar surface area (TPSA) is 52.1 Å². The van der Waals surface area contributed by atoms with E-state index in [9.17, 15) is 0 Å². The minimum absolute atomic E-state index is 0. The zero-order valence-electron chi connectivity index (χ0n) is 19.5. The first-order chi connectivity index (χ1) is 13.5. The monoisotopic (exact) mass is 523 g/mol. The van der Waals surface area contributed by atoms with Crippen molar-refractivity contribution in [1.82, 2.24) is 20.4 Å². The fourth-order valence-electron chi connectivity index (χ4n) is 4.34. The van der Waals surface area contributed by atoms with E-state index < -0.39 is 0 Å². The Morgan fingerprint density at radius 3 is 2.41 bits per heavy atom. The van der Waals surface area contributed by atoms with Crippen LogP contribution in [0, 0.1) is 11.8 Å². The van der Waals surface area contributed by atoms with E-state index in [0.29, 0.717) is 23.9 Å². The standard InChI is InChI=1S/C22H45N5O.HI/c1-6-23-22(24-15-20-8-7-9-27(17-20)19(4)5)25-16-21(14-18(2)3)26-10-12-28-13-11-26;/h18-21H,6-17H2,1-5H3,(H2,23,24,25);1H. The molecule has 0 amide bonds. The van der Waals surface area contributed by atoms with Crippen molar-refractivity contribution in [3.05, 3.63) is 0 Å². The molecule has 2 atom stereocenters. The number of nitrogens with one attached hydrogen (secondary N) is 2. The summed E-state index contributed by atoms with van der Waals surface area (Å²) >= 11 is 0. The lowest BCUT2D eigenvalue weighted by Gasteiger charge is -2.36. The highest BCUT2D eigenvalue weighted by molar-refractivity contribution is 14.0. The van der Waals surface area contributed by atoms with Gasteiger partial charge in [-0.3, -0.25) is 9.89 Å². The van der Waals surface area contributed by atoms with Gasteiger partial charge in [0.05, 0.1) is 19.8 Å². The molecule has 2 aliphatic rings. The fourth-order valence-corrected chi connectivity index (χ4v) is 4.34. The van der Waals surface area contributed by atoms with Gasteiger partial charge in [-0.2, -0.15) is 0 Å². The number of halogens is 1. The molecule has 0 bridgehead atoms. The van der Waals surface area contributed by atoms with Gasteiger partial charge in [0, 0.05) is 44.8 Å². The summed E-state index contributed by atoms with van der Waals surface area (Å²) in [5.41, 5.74) is 0. The van der Waals surface area contributed by atoms with Crippen molar-refractivity contribution in [3.8, 4) is 0 Å². The van der Waals surface area contributed by atoms with Crippen molar-refractivity contribution >= 4 is 29.9 Å². The quantitative estimate of drug-likeness (QED) is 0.277. The molecule has 0 aromatic rings. The maximum atomic E-state index is 5.54. The van der Waals surface area contributed by atoms with Gasteiger partial charge in [0.25, 0.3) is 0 Å². The first kappa shape index (κ1) is 26.9. The highest BCUT2D eigenvalue weighted by Crippen LogP contribution is 2.18. The molecular weight excluding hydrogens is 477 g/mol. The Balaban J connectivity index is 0.00000420. The molecule has 0 saturated carbocycles. The Labute approximate surface area is 196 Å². The van der Waals surface area contributed by atoms with E-state index in [1.165, 1.54) is 32.4 Å². The van der Waals surface area contributed by atoms with Gasteiger partial charge in [-0.25, -0.2) is 0 Å². The average Bonchev–Trinajstić information content (AvgIpc) is 2.69. The summed E-state index contributed by atoms with van der Waals surface area (Å²) in [6, 6.07) is 1.15. The molecule has 7 heteroatoms. The van der Waals surface area contributed by atoms with Gasteiger partial charge < -0.3 is 20.3 Å². The zero-order chi connectivity index (χ0) is 20.4. The molecule has 2 rings (SSSR count). The first-order valence-corrected chi connectivity index (χ1v) is 11.6. The van der Waals surface area contributed by atoms with Crippen molar-refractivity contribution in [2.24, 2.45) is 16.8 Å². The van der Waals surface area contributed by atoms with Crippen LogP contribution in [0.3, 0.4) is 0 Å². The minimum atomic E-state index is 0. The van der Waals surface area contributed by atoms with Gasteiger partial charge in [-0.15, -0.1) is 24.0 Å². The predicted molar refractivity (Wildman–Crippen MR) is 134 cm³/mol. The lowest BCUT2D eigenvalue weighted by atomic mass is 9.97. The van der Waals surface area contributed by atoms with E-state index in [1.54, 1.807) is 0 Å². The number of morpholine rings is 1. The van der Waals surface area contributed by atoms with Crippen molar-refractivity contribution in [1.29, 1.82) is 0 Å². The smallest absolute Gasteiger partial charge is 0.191 e. The highest BCUT2D eigenvalue weighted by Gasteiger charge is 2.23. The number of hydrogen-bond donors (Lipinski definition) is 2. The molecule has 0 aromatic carbocycles. The summed E-state index contributed by atoms with van der Waals surface area (Å²) in [6.45, 7) is 20.4. The molecule has 0 aliphatic carbocycles. The van der Waals surface area contributed by atoms with E-state index in [1.807, 2.05) is 0 Å². The second-order valence-corrected chi connectivity index (χ2v) is 9.13. The van der Waals surface area contributed by atoms with Crippen LogP contribution < -0.4 is 10.6 Å². The number of guanidine groups is 1. The molecule has 2 fully saturated rings. The average molecular weight is 524 g/mol. The number of piperidine rings is 1. The van der Waals surface area contributed by atoms with E-state index in [2.05, 4.69) is 55.1 Å². The Hall–Kier alpha value is -0.120. The van der Waals surface area contributed by atoms with Crippen LogP contribution in [-0.4, -0.2) is 86.9 Å². The molecular formula is C22H46IN5O. The van der Waals surface area contributed by atoms with E-state index >= 15 is 0 Å². The third-order valence-electron chi connectivity index (χ3n) is 5.95. The van der Waals surface area contributed by atoms with Crippen LogP contribution >= 0.6 is 24.0 Å². The van der Waals surface area contributed by atoms with Crippen molar-refractivity contribution in [3.63, 3.8) is 0 Å². The predicted octanol–water partition coefficient (Wildman–Crippen LogP) is 3.03. The normalized spacial score (nSPS) is 23.1. The summed E-state index contributed by atoms with van der Waals surface area (Å²) in [5, 5.41) is 7.08. The third kappa shape index (κ3) is 10.2. The number of hydrogen-bond acceptors (Lipinski definition) is 4. The molecule has 172 valence electrons. The summed E-state index contributed by atoms with van der Waals surface area (Å²) in [7, 11) is 0. The molecule has 6 nitrogen and oxygen atoms in total. The number of aliphatic imine (C=N–C) groups is 1. The van der Waals surface area contributed by atoms with Crippen molar-refractivity contribution in [2.75, 3.05) is 59.0 Å². The van der Waals surface area contributed by atoms with Gasteiger partial charge in [-0.1, -0.05) is 13.8 Å². The first-order valence-electron chi connectivity index (χ1n) is 11.6. The van der Waals surface area contributed by atoms with Crippen LogP contribution in [0.1, 0.15) is 53.9 Å². The molecule has 2 saturated heterocycles. The summed E-state index contributed by atoms with van der Waals surface area (Å²) in [6.07, 6.45) is 3.82. The van der Waals surface area contributed by atoms with E-state index in [4.69, 9.17) is 9.73 Å². The molecule has 0 radical (unpaired) electrons. The Morgan fingerprint density at radius 1 is 1.07 bits per heavy atom. The third-order valence-corrected chi connectivity index (χ3v) is 5.95. The van der Waals surface area contributed by atoms with Crippen molar-refractivity contribution < 1.29 is 4.74 Å². The Kier molecular flexibility index (Phi) is 13.7. The SMILES string of the molecule is CCNC(=NCC(CC(C)C)N1CCOCC1)NCC1CCCN(C(C)C)C1.I. The number of likely N-dealkylation sites (tertiary alicyclic amines) is 1. The van der Waals surface area contributed by atoms with Gasteiger partial charge >= 0.3 is 0 Å². The van der Waals surface area contributed by atoms with Gasteiger partial charge in [0.1, 0.15) is 0 Å². The minimum Gasteiger partial charge on any atom is -0.379 e. The molecule has 0 spiro atoms. The van der Waals surface area contributed by atoms with Crippen molar-refractivity contribution in [2.45, 2.75) is 66.0 Å². The molecule has 29 heavy (non-hydrogen) atoms. The molecule has 0 aromatic heterocycles.